The number of carbonyl (C=O) groups is 2. The molecule has 1 fully saturated rings. The molecule has 1 aliphatic rings. The minimum absolute atomic E-state index is 0.0608. The first-order valence-corrected chi connectivity index (χ1v) is 9.55. The topological polar surface area (TPSA) is 56.4 Å². The molecular weight excluding hydrogens is 338 g/mol. The number of carbonyl (C=O) groups excluding carboxylic acids is 2. The predicted molar refractivity (Wildman–Crippen MR) is 107 cm³/mol. The molecule has 0 unspecified atom stereocenters. The van der Waals surface area contributed by atoms with Crippen LogP contribution < -0.4 is 0 Å². The third kappa shape index (κ3) is 4.41. The number of aromatic amines is 1. The van der Waals surface area contributed by atoms with Gasteiger partial charge in [-0.25, -0.2) is 0 Å². The van der Waals surface area contributed by atoms with Crippen LogP contribution >= 0.6 is 0 Å². The molecule has 2 heterocycles. The summed E-state index contributed by atoms with van der Waals surface area (Å²) in [6, 6.07) is 8.03. The van der Waals surface area contributed by atoms with E-state index in [1.165, 1.54) is 5.56 Å². The summed E-state index contributed by atoms with van der Waals surface area (Å²) in [5, 5.41) is 0. The van der Waals surface area contributed by atoms with Gasteiger partial charge < -0.3 is 14.8 Å². The summed E-state index contributed by atoms with van der Waals surface area (Å²) >= 11 is 0. The molecule has 0 atom stereocenters. The molecular formula is C22H29N3O2. The van der Waals surface area contributed by atoms with Gasteiger partial charge in [0, 0.05) is 44.1 Å². The number of nitrogens with one attached hydrogen (secondary N) is 1. The average molecular weight is 367 g/mol. The lowest BCUT2D eigenvalue weighted by Crippen LogP contribution is -2.51. The van der Waals surface area contributed by atoms with Crippen molar-refractivity contribution in [2.45, 2.75) is 39.5 Å². The van der Waals surface area contributed by atoms with Crippen molar-refractivity contribution in [1.29, 1.82) is 0 Å². The van der Waals surface area contributed by atoms with Gasteiger partial charge in [0.05, 0.1) is 6.42 Å². The lowest BCUT2D eigenvalue weighted by molar-refractivity contribution is -0.131. The maximum absolute atomic E-state index is 12.9. The maximum atomic E-state index is 12.9. The largest absolute Gasteiger partial charge is 0.367 e. The second kappa shape index (κ2) is 7.59. The fourth-order valence-electron chi connectivity index (χ4n) is 3.45. The van der Waals surface area contributed by atoms with Gasteiger partial charge in [-0.1, -0.05) is 32.9 Å². The number of aryl methyl sites for hydroxylation is 1. The van der Waals surface area contributed by atoms with Crippen LogP contribution in [0, 0.1) is 6.92 Å². The Kier molecular flexibility index (Phi) is 5.40. The van der Waals surface area contributed by atoms with Crippen molar-refractivity contribution >= 4 is 11.8 Å². The van der Waals surface area contributed by atoms with Gasteiger partial charge >= 0.3 is 0 Å². The van der Waals surface area contributed by atoms with Crippen LogP contribution in [-0.2, 0) is 16.6 Å². The van der Waals surface area contributed by atoms with Gasteiger partial charge in [-0.3, -0.25) is 9.59 Å². The van der Waals surface area contributed by atoms with Gasteiger partial charge in [-0.2, -0.15) is 0 Å². The molecule has 1 N–H and O–H groups in total. The molecule has 0 aliphatic carbocycles. The summed E-state index contributed by atoms with van der Waals surface area (Å²) in [6.07, 6.45) is 4.08. The monoisotopic (exact) mass is 367 g/mol. The molecule has 5 heteroatoms. The third-order valence-electron chi connectivity index (χ3n) is 5.26. The minimum atomic E-state index is 0.0608. The van der Waals surface area contributed by atoms with Gasteiger partial charge in [0.15, 0.2) is 0 Å². The fourth-order valence-corrected chi connectivity index (χ4v) is 3.45. The first kappa shape index (κ1) is 19.2. The summed E-state index contributed by atoms with van der Waals surface area (Å²) in [6.45, 7) is 10.9. The van der Waals surface area contributed by atoms with Crippen LogP contribution in [0.5, 0.6) is 0 Å². The number of amides is 2. The molecule has 0 saturated carbocycles. The van der Waals surface area contributed by atoms with Crippen LogP contribution in [0.3, 0.4) is 0 Å². The van der Waals surface area contributed by atoms with Crippen molar-refractivity contribution in [2.24, 2.45) is 0 Å². The number of hydrogen-bond acceptors (Lipinski definition) is 2. The number of nitrogens with zero attached hydrogens (tertiary/aromatic N) is 2. The highest BCUT2D eigenvalue weighted by atomic mass is 16.2. The Morgan fingerprint density at radius 2 is 1.70 bits per heavy atom. The molecule has 5 nitrogen and oxygen atoms in total. The van der Waals surface area contributed by atoms with E-state index in [4.69, 9.17) is 0 Å². The van der Waals surface area contributed by atoms with Crippen LogP contribution in [0.4, 0.5) is 0 Å². The molecule has 1 aliphatic heterocycles. The molecule has 1 saturated heterocycles. The Morgan fingerprint density at radius 3 is 2.26 bits per heavy atom. The summed E-state index contributed by atoms with van der Waals surface area (Å²) in [5.41, 5.74) is 4.07. The lowest BCUT2D eigenvalue weighted by atomic mass is 9.85. The Balaban J connectivity index is 1.61. The predicted octanol–water partition coefficient (Wildman–Crippen LogP) is 3.15. The molecule has 2 amide bonds. The van der Waals surface area contributed by atoms with E-state index < -0.39 is 0 Å². The number of piperazine rings is 1. The standard InChI is InChI=1S/C22H29N3O2/c1-16-13-18(22(2,3)4)5-6-19(16)21(27)25-11-9-24(10-12-25)20(26)14-17-7-8-23-15-17/h5-8,13,15,23H,9-12,14H2,1-4H3. The normalized spacial score (nSPS) is 15.1. The number of benzene rings is 1. The fraction of sp³-hybridized carbons (Fsp3) is 0.455. The van der Waals surface area contributed by atoms with Crippen LogP contribution in [0.2, 0.25) is 0 Å². The lowest BCUT2D eigenvalue weighted by Gasteiger charge is -2.35. The molecule has 0 bridgehead atoms. The Hall–Kier alpha value is -2.56. The average Bonchev–Trinajstić information content (AvgIpc) is 3.13. The molecule has 2 aromatic rings. The van der Waals surface area contributed by atoms with Crippen LogP contribution in [0.25, 0.3) is 0 Å². The van der Waals surface area contributed by atoms with Crippen molar-refractivity contribution in [3.8, 4) is 0 Å². The van der Waals surface area contributed by atoms with Gasteiger partial charge in [-0.15, -0.1) is 0 Å². The van der Waals surface area contributed by atoms with E-state index in [9.17, 15) is 9.59 Å². The van der Waals surface area contributed by atoms with E-state index in [0.717, 1.165) is 16.7 Å². The Bertz CT molecular complexity index is 811. The van der Waals surface area contributed by atoms with Gasteiger partial charge in [0.2, 0.25) is 5.91 Å². The molecule has 1 aromatic carbocycles. The van der Waals surface area contributed by atoms with E-state index >= 15 is 0 Å². The summed E-state index contributed by atoms with van der Waals surface area (Å²) in [4.78, 5) is 32.0. The Labute approximate surface area is 161 Å². The van der Waals surface area contributed by atoms with Crippen molar-refractivity contribution in [2.75, 3.05) is 26.2 Å². The zero-order chi connectivity index (χ0) is 19.6. The molecule has 0 radical (unpaired) electrons. The van der Waals surface area contributed by atoms with Gasteiger partial charge in [0.1, 0.15) is 0 Å². The number of H-pyrrole nitrogens is 1. The SMILES string of the molecule is Cc1cc(C(C)(C)C)ccc1C(=O)N1CCN(C(=O)Cc2cc[nH]c2)CC1. The Morgan fingerprint density at radius 1 is 1.04 bits per heavy atom. The second-order valence-corrected chi connectivity index (χ2v) is 8.35. The highest BCUT2D eigenvalue weighted by molar-refractivity contribution is 5.96. The zero-order valence-electron chi connectivity index (χ0n) is 16.7. The summed E-state index contributed by atoms with van der Waals surface area (Å²) < 4.78 is 0. The van der Waals surface area contributed by atoms with Crippen LogP contribution in [0.15, 0.2) is 36.7 Å². The van der Waals surface area contributed by atoms with Crippen LogP contribution in [0.1, 0.15) is 47.8 Å². The third-order valence-corrected chi connectivity index (χ3v) is 5.26. The summed E-state index contributed by atoms with van der Waals surface area (Å²) in [5.74, 6) is 0.179. The quantitative estimate of drug-likeness (QED) is 0.906. The zero-order valence-corrected chi connectivity index (χ0v) is 16.7. The first-order chi connectivity index (χ1) is 12.8. The van der Waals surface area contributed by atoms with Gasteiger partial charge in [-0.05, 0) is 41.2 Å². The summed E-state index contributed by atoms with van der Waals surface area (Å²) in [7, 11) is 0. The van der Waals surface area contributed by atoms with Crippen molar-refractivity contribution in [3.05, 3.63) is 58.9 Å². The van der Waals surface area contributed by atoms with Gasteiger partial charge in [0.25, 0.3) is 5.91 Å². The number of hydrogen-bond donors (Lipinski definition) is 1. The molecule has 1 aromatic heterocycles. The van der Waals surface area contributed by atoms with E-state index in [2.05, 4.69) is 37.9 Å². The highest BCUT2D eigenvalue weighted by Gasteiger charge is 2.26. The number of aromatic nitrogens is 1. The smallest absolute Gasteiger partial charge is 0.254 e. The molecule has 0 spiro atoms. The first-order valence-electron chi connectivity index (χ1n) is 9.55. The second-order valence-electron chi connectivity index (χ2n) is 8.35. The molecule has 3 rings (SSSR count). The molecule has 27 heavy (non-hydrogen) atoms. The highest BCUT2D eigenvalue weighted by Crippen LogP contribution is 2.25. The van der Waals surface area contributed by atoms with Crippen LogP contribution in [-0.4, -0.2) is 52.8 Å². The molecule has 144 valence electrons. The van der Waals surface area contributed by atoms with E-state index in [1.807, 2.05) is 41.2 Å². The minimum Gasteiger partial charge on any atom is -0.367 e. The van der Waals surface area contributed by atoms with Crippen molar-refractivity contribution < 1.29 is 9.59 Å². The number of rotatable bonds is 3. The van der Waals surface area contributed by atoms with Crippen molar-refractivity contribution in [3.63, 3.8) is 0 Å². The van der Waals surface area contributed by atoms with E-state index in [0.29, 0.717) is 32.6 Å². The van der Waals surface area contributed by atoms with E-state index in [1.54, 1.807) is 0 Å². The van der Waals surface area contributed by atoms with E-state index in [-0.39, 0.29) is 17.2 Å². The maximum Gasteiger partial charge on any atom is 0.254 e. The van der Waals surface area contributed by atoms with Crippen molar-refractivity contribution in [1.82, 2.24) is 14.8 Å².